The molecule has 4 heteroatoms. The van der Waals surface area contributed by atoms with Crippen LogP contribution in [0.15, 0.2) is 108 Å². The fourth-order valence-corrected chi connectivity index (χ4v) is 9.63. The van der Waals surface area contributed by atoms with Gasteiger partial charge in [-0.3, -0.25) is 0 Å². The highest BCUT2D eigenvalue weighted by Gasteiger charge is 2.47. The number of fused-ring (bicyclic) bond motifs is 8. The van der Waals surface area contributed by atoms with Gasteiger partial charge in [0, 0.05) is 50.8 Å². The van der Waals surface area contributed by atoms with Crippen LogP contribution in [-0.2, 0) is 27.1 Å². The van der Waals surface area contributed by atoms with Gasteiger partial charge >= 0.3 is 6.85 Å². The van der Waals surface area contributed by atoms with Crippen molar-refractivity contribution in [3.05, 3.63) is 137 Å². The fourth-order valence-electron chi connectivity index (χ4n) is 9.63. The average molecular weight is 805 g/mol. The van der Waals surface area contributed by atoms with Gasteiger partial charge in [-0.2, -0.15) is 0 Å². The minimum absolute atomic E-state index is 0.0422. The van der Waals surface area contributed by atoms with Crippen LogP contribution in [0.1, 0.15) is 137 Å². The first-order valence-electron chi connectivity index (χ1n) is 22.5. The SMILES string of the molecule is Cc1ccc2oc3cc4c5c(c3c2c1)-c1cc(C(C)(C)C)ccc1N(c1ccc(C(C)(C)C)cc1)B5c1ccc(C(C)(C)C)cc1N4c1cc(C(C)(C)C)cc(C(C)(C)C)c1. The van der Waals surface area contributed by atoms with Crippen LogP contribution >= 0.6 is 0 Å². The van der Waals surface area contributed by atoms with Crippen molar-refractivity contribution in [2.45, 2.75) is 138 Å². The summed E-state index contributed by atoms with van der Waals surface area (Å²) in [6, 6.07) is 40.4. The lowest BCUT2D eigenvalue weighted by molar-refractivity contribution is 0.568. The molecule has 1 aromatic heterocycles. The number of furan rings is 1. The highest BCUT2D eigenvalue weighted by atomic mass is 16.3. The predicted molar refractivity (Wildman–Crippen MR) is 266 cm³/mol. The van der Waals surface area contributed by atoms with Crippen LogP contribution in [0.3, 0.4) is 0 Å². The summed E-state index contributed by atoms with van der Waals surface area (Å²) < 4.78 is 7.01. The zero-order valence-electron chi connectivity index (χ0n) is 39.7. The van der Waals surface area contributed by atoms with Gasteiger partial charge < -0.3 is 14.1 Å². The summed E-state index contributed by atoms with van der Waals surface area (Å²) in [5.41, 5.74) is 20.7. The van der Waals surface area contributed by atoms with Gasteiger partial charge in [-0.05, 0) is 133 Å². The first kappa shape index (κ1) is 41.2. The fraction of sp³-hybridized carbons (Fsp3) is 0.368. The van der Waals surface area contributed by atoms with Crippen LogP contribution in [0.25, 0.3) is 33.1 Å². The Morgan fingerprint density at radius 2 is 1.00 bits per heavy atom. The molecule has 3 nitrogen and oxygen atoms in total. The van der Waals surface area contributed by atoms with Crippen molar-refractivity contribution >= 4 is 68.1 Å². The van der Waals surface area contributed by atoms with Gasteiger partial charge in [0.05, 0.1) is 0 Å². The first-order valence-corrected chi connectivity index (χ1v) is 22.5. The van der Waals surface area contributed by atoms with E-state index in [0.717, 1.165) is 11.2 Å². The Bertz CT molecular complexity index is 2860. The van der Waals surface area contributed by atoms with Gasteiger partial charge in [-0.1, -0.05) is 152 Å². The molecule has 0 fully saturated rings. The van der Waals surface area contributed by atoms with E-state index in [1.807, 2.05) is 0 Å². The molecule has 2 aliphatic rings. The molecule has 0 bridgehead atoms. The van der Waals surface area contributed by atoms with Crippen molar-refractivity contribution in [2.75, 3.05) is 9.71 Å². The summed E-state index contributed by atoms with van der Waals surface area (Å²) in [5, 5.41) is 2.37. The van der Waals surface area contributed by atoms with Crippen LogP contribution in [-0.4, -0.2) is 6.85 Å². The Morgan fingerprint density at radius 1 is 0.443 bits per heavy atom. The summed E-state index contributed by atoms with van der Waals surface area (Å²) in [6.07, 6.45) is 0. The second-order valence-corrected chi connectivity index (χ2v) is 23.3. The molecule has 0 aliphatic carbocycles. The third-order valence-corrected chi connectivity index (χ3v) is 13.4. The third-order valence-electron chi connectivity index (χ3n) is 13.4. The Balaban J connectivity index is 1.49. The van der Waals surface area contributed by atoms with Gasteiger partial charge in [0.15, 0.2) is 0 Å². The van der Waals surface area contributed by atoms with E-state index < -0.39 is 0 Å². The lowest BCUT2D eigenvalue weighted by Gasteiger charge is -2.46. The Hall–Kier alpha value is -5.22. The average Bonchev–Trinajstić information content (AvgIpc) is 3.52. The van der Waals surface area contributed by atoms with E-state index in [4.69, 9.17) is 4.42 Å². The summed E-state index contributed by atoms with van der Waals surface area (Å²) in [6.45, 7) is 37.0. The lowest BCUT2D eigenvalue weighted by Crippen LogP contribution is -2.61. The van der Waals surface area contributed by atoms with E-state index in [1.165, 1.54) is 94.6 Å². The molecule has 0 spiro atoms. The van der Waals surface area contributed by atoms with E-state index in [9.17, 15) is 0 Å². The van der Waals surface area contributed by atoms with E-state index in [2.05, 4.69) is 224 Å². The summed E-state index contributed by atoms with van der Waals surface area (Å²) in [5.74, 6) is 0. The van der Waals surface area contributed by atoms with Gasteiger partial charge in [-0.25, -0.2) is 0 Å². The normalized spacial score (nSPS) is 14.5. The molecule has 0 N–H and O–H groups in total. The highest BCUT2D eigenvalue weighted by Crippen LogP contribution is 2.52. The molecule has 0 saturated carbocycles. The number of nitrogens with zero attached hydrogens (tertiary/aromatic N) is 2. The number of rotatable bonds is 2. The van der Waals surface area contributed by atoms with Gasteiger partial charge in [0.2, 0.25) is 0 Å². The topological polar surface area (TPSA) is 19.6 Å². The van der Waals surface area contributed by atoms with E-state index in [1.54, 1.807) is 0 Å². The van der Waals surface area contributed by atoms with Crippen LogP contribution in [0.5, 0.6) is 0 Å². The van der Waals surface area contributed by atoms with E-state index in [-0.39, 0.29) is 33.9 Å². The van der Waals surface area contributed by atoms with Crippen molar-refractivity contribution in [1.29, 1.82) is 0 Å². The standard InChI is InChI=1S/C57H65BN2O/c1-34-17-26-48-43(27-34)50-49(61-48)33-47-52-51(50)42-31-36(54(5,6)7)21-25-45(42)60(40-22-18-35(19-23-40)53(2,3)4)58(52)44-24-20-37(55(8,9)10)32-46(44)59(47)41-29-38(56(11,12)13)28-39(30-41)57(14,15)16/h17-33H,1-16H3. The third kappa shape index (κ3) is 6.80. The van der Waals surface area contributed by atoms with Gasteiger partial charge in [-0.15, -0.1) is 0 Å². The van der Waals surface area contributed by atoms with Crippen LogP contribution in [0.2, 0.25) is 0 Å². The molecule has 6 aromatic carbocycles. The second kappa shape index (κ2) is 13.4. The molecule has 0 radical (unpaired) electrons. The van der Waals surface area contributed by atoms with Gasteiger partial charge in [0.25, 0.3) is 0 Å². The number of benzene rings is 6. The Morgan fingerprint density at radius 3 is 1.59 bits per heavy atom. The zero-order chi connectivity index (χ0) is 43.9. The summed E-state index contributed by atoms with van der Waals surface area (Å²) in [7, 11) is 0. The molecular weight excluding hydrogens is 739 g/mol. The minimum atomic E-state index is -0.106. The van der Waals surface area contributed by atoms with Crippen molar-refractivity contribution in [1.82, 2.24) is 0 Å². The molecule has 0 atom stereocenters. The summed E-state index contributed by atoms with van der Waals surface area (Å²) in [4.78, 5) is 5.25. The number of hydrogen-bond donors (Lipinski definition) is 0. The van der Waals surface area contributed by atoms with Crippen LogP contribution < -0.4 is 20.6 Å². The Labute approximate surface area is 366 Å². The van der Waals surface area contributed by atoms with Crippen molar-refractivity contribution in [2.24, 2.45) is 0 Å². The molecule has 0 unspecified atom stereocenters. The molecule has 61 heavy (non-hydrogen) atoms. The maximum Gasteiger partial charge on any atom is 0.333 e. The second-order valence-electron chi connectivity index (χ2n) is 23.3. The van der Waals surface area contributed by atoms with Crippen molar-refractivity contribution in [3.63, 3.8) is 0 Å². The van der Waals surface area contributed by atoms with E-state index >= 15 is 0 Å². The van der Waals surface area contributed by atoms with Crippen LogP contribution in [0.4, 0.5) is 28.4 Å². The molecule has 9 rings (SSSR count). The monoisotopic (exact) mass is 805 g/mol. The largest absolute Gasteiger partial charge is 0.456 e. The van der Waals surface area contributed by atoms with Gasteiger partial charge in [0.1, 0.15) is 11.2 Å². The number of aryl methyl sites for hydroxylation is 1. The lowest BCUT2D eigenvalue weighted by atomic mass is 9.43. The zero-order valence-corrected chi connectivity index (χ0v) is 39.7. The van der Waals surface area contributed by atoms with Crippen molar-refractivity contribution < 1.29 is 4.42 Å². The summed E-state index contributed by atoms with van der Waals surface area (Å²) >= 11 is 0. The van der Waals surface area contributed by atoms with E-state index in [0.29, 0.717) is 0 Å². The maximum atomic E-state index is 7.01. The molecule has 0 saturated heterocycles. The Kier molecular flexibility index (Phi) is 9.03. The smallest absolute Gasteiger partial charge is 0.333 e. The minimum Gasteiger partial charge on any atom is -0.456 e. The quantitative estimate of drug-likeness (QED) is 0.162. The molecule has 7 aromatic rings. The highest BCUT2D eigenvalue weighted by molar-refractivity contribution is 6.94. The number of hydrogen-bond acceptors (Lipinski definition) is 3. The van der Waals surface area contributed by atoms with Crippen molar-refractivity contribution in [3.8, 4) is 11.1 Å². The molecular formula is C57H65BN2O. The predicted octanol–water partition coefficient (Wildman–Crippen LogP) is 15.1. The molecule has 2 aliphatic heterocycles. The maximum absolute atomic E-state index is 7.01. The van der Waals surface area contributed by atoms with Crippen LogP contribution in [0, 0.1) is 6.92 Å². The molecule has 0 amide bonds. The first-order chi connectivity index (χ1) is 28.3. The molecule has 312 valence electrons. The number of anilines is 5. The molecule has 3 heterocycles.